The summed E-state index contributed by atoms with van der Waals surface area (Å²) < 4.78 is 51.7. The highest BCUT2D eigenvalue weighted by Gasteiger charge is 2.32. The molecule has 0 saturated heterocycles. The lowest BCUT2D eigenvalue weighted by Gasteiger charge is -2.10. The van der Waals surface area contributed by atoms with Crippen LogP contribution in [-0.2, 0) is 20.0 Å². The Bertz CT molecular complexity index is 838. The Kier molecular flexibility index (Phi) is 3.20. The molecule has 1 aliphatic heterocycles. The third-order valence-corrected chi connectivity index (χ3v) is 6.60. The van der Waals surface area contributed by atoms with Crippen LogP contribution in [0.15, 0.2) is 60.7 Å². The maximum absolute atomic E-state index is 12.2. The van der Waals surface area contributed by atoms with E-state index in [0.717, 1.165) is 0 Å². The molecule has 3 rings (SSSR count). The average Bonchev–Trinajstić information content (AvgIpc) is 2.64. The summed E-state index contributed by atoms with van der Waals surface area (Å²) in [7, 11) is -8.46. The summed E-state index contributed by atoms with van der Waals surface area (Å²) in [5.41, 5.74) is 0.613. The third-order valence-electron chi connectivity index (χ3n) is 2.99. The van der Waals surface area contributed by atoms with Gasteiger partial charge >= 0.3 is 0 Å². The van der Waals surface area contributed by atoms with Gasteiger partial charge in [-0.2, -0.15) is 0 Å². The van der Waals surface area contributed by atoms with Crippen LogP contribution in [0.5, 0.6) is 0 Å². The Balaban J connectivity index is 2.42. The van der Waals surface area contributed by atoms with Crippen LogP contribution in [0.4, 0.5) is 0 Å². The first-order valence-electron chi connectivity index (χ1n) is 6.01. The van der Waals surface area contributed by atoms with Crippen molar-refractivity contribution in [3.63, 3.8) is 0 Å². The van der Waals surface area contributed by atoms with Gasteiger partial charge in [-0.1, -0.05) is 60.7 Å². The molecule has 5 nitrogen and oxygen atoms in total. The molecule has 108 valence electrons. The quantitative estimate of drug-likeness (QED) is 0.851. The van der Waals surface area contributed by atoms with Crippen molar-refractivity contribution < 1.29 is 16.8 Å². The van der Waals surface area contributed by atoms with Gasteiger partial charge in [0, 0.05) is 0 Å². The van der Waals surface area contributed by atoms with E-state index in [0.29, 0.717) is 11.1 Å². The number of nitrogens with zero attached hydrogens (tertiary/aromatic N) is 1. The zero-order valence-electron chi connectivity index (χ0n) is 10.7. The summed E-state index contributed by atoms with van der Waals surface area (Å²) in [5, 5.41) is 0. The lowest BCUT2D eigenvalue weighted by atomic mass is 10.1. The van der Waals surface area contributed by atoms with Gasteiger partial charge < -0.3 is 4.13 Å². The summed E-state index contributed by atoms with van der Waals surface area (Å²) in [6.45, 7) is 0. The Morgan fingerprint density at radius 2 is 0.905 bits per heavy atom. The molecule has 1 heterocycles. The van der Waals surface area contributed by atoms with E-state index in [1.165, 1.54) is 0 Å². The van der Waals surface area contributed by atoms with E-state index in [2.05, 4.69) is 4.13 Å². The first-order chi connectivity index (χ1) is 9.92. The minimum Gasteiger partial charge on any atom is -0.427 e. The Hall–Kier alpha value is -1.96. The van der Waals surface area contributed by atoms with Crippen LogP contribution in [0.25, 0.3) is 13.9 Å². The molecule has 7 heteroatoms. The van der Waals surface area contributed by atoms with E-state index in [4.69, 9.17) is 0 Å². The molecule has 0 fully saturated rings. The zero-order chi connectivity index (χ0) is 15.1. The van der Waals surface area contributed by atoms with Crippen LogP contribution in [0.3, 0.4) is 0 Å². The number of rotatable bonds is 2. The minimum absolute atomic E-state index is 0.269. The molecular weight excluding hydrogens is 310 g/mol. The molecule has 0 N–H and O–H groups in total. The summed E-state index contributed by atoms with van der Waals surface area (Å²) in [4.78, 5) is -0.538. The van der Waals surface area contributed by atoms with Gasteiger partial charge in [-0.3, -0.25) is 0 Å². The topological polar surface area (TPSA) is 82.4 Å². The lowest BCUT2D eigenvalue weighted by Crippen LogP contribution is -1.96. The van der Waals surface area contributed by atoms with E-state index >= 15 is 0 Å². The molecule has 0 atom stereocenters. The molecule has 21 heavy (non-hydrogen) atoms. The fourth-order valence-electron chi connectivity index (χ4n) is 2.18. The largest absolute Gasteiger partial charge is 0.427 e. The molecule has 0 unspecified atom stereocenters. The summed E-state index contributed by atoms with van der Waals surface area (Å²) in [5.74, 6) is 0. The Morgan fingerprint density at radius 1 is 0.571 bits per heavy atom. The second-order valence-corrected chi connectivity index (χ2v) is 7.73. The highest BCUT2D eigenvalue weighted by Crippen LogP contribution is 2.46. The lowest BCUT2D eigenvalue weighted by molar-refractivity contribution is 0.607. The van der Waals surface area contributed by atoms with Crippen molar-refractivity contribution >= 4 is 29.9 Å². The minimum atomic E-state index is -4.23. The van der Waals surface area contributed by atoms with Crippen molar-refractivity contribution in [2.24, 2.45) is 0 Å². The number of sulfonamides is 2. The second kappa shape index (κ2) is 4.80. The van der Waals surface area contributed by atoms with E-state index in [1.807, 2.05) is 0 Å². The highest BCUT2D eigenvalue weighted by atomic mass is 32.3. The smallest absolute Gasteiger partial charge is 0.114 e. The molecule has 0 aromatic heterocycles. The van der Waals surface area contributed by atoms with Crippen molar-refractivity contribution in [1.82, 2.24) is 0 Å². The average molecular weight is 320 g/mol. The number of hydrogen-bond donors (Lipinski definition) is 0. The van der Waals surface area contributed by atoms with Gasteiger partial charge in [0.05, 0.1) is 9.81 Å². The SMILES string of the molecule is O=S1(=O)[N-]S(=O)(=O)C(c2ccccc2)=C1c1ccccc1. The monoisotopic (exact) mass is 320 g/mol. The van der Waals surface area contributed by atoms with Gasteiger partial charge in [-0.05, 0) is 11.1 Å². The highest BCUT2D eigenvalue weighted by molar-refractivity contribution is 8.24. The van der Waals surface area contributed by atoms with Crippen LogP contribution in [-0.4, -0.2) is 16.8 Å². The Labute approximate surface area is 123 Å². The van der Waals surface area contributed by atoms with E-state index in [1.54, 1.807) is 60.7 Å². The third kappa shape index (κ3) is 2.39. The van der Waals surface area contributed by atoms with Crippen molar-refractivity contribution in [3.8, 4) is 0 Å². The molecule has 0 bridgehead atoms. The van der Waals surface area contributed by atoms with Gasteiger partial charge in [0.1, 0.15) is 20.0 Å². The molecule has 0 spiro atoms. The maximum Gasteiger partial charge on any atom is 0.114 e. The van der Waals surface area contributed by atoms with E-state index in [-0.39, 0.29) is 9.81 Å². The van der Waals surface area contributed by atoms with Crippen molar-refractivity contribution in [2.75, 3.05) is 0 Å². The summed E-state index contributed by atoms with van der Waals surface area (Å²) in [6, 6.07) is 16.2. The first kappa shape index (κ1) is 14.0. The van der Waals surface area contributed by atoms with Crippen LogP contribution in [0.2, 0.25) is 0 Å². The fraction of sp³-hybridized carbons (Fsp3) is 0. The molecule has 0 amide bonds. The van der Waals surface area contributed by atoms with E-state index < -0.39 is 20.0 Å². The zero-order valence-corrected chi connectivity index (χ0v) is 12.3. The van der Waals surface area contributed by atoms with Gasteiger partial charge in [-0.15, -0.1) is 0 Å². The predicted octanol–water partition coefficient (Wildman–Crippen LogP) is 2.56. The molecular formula is C14H10NO4S2-. The van der Waals surface area contributed by atoms with Gasteiger partial charge in [0.2, 0.25) is 0 Å². The van der Waals surface area contributed by atoms with E-state index in [9.17, 15) is 16.8 Å². The van der Waals surface area contributed by atoms with Gasteiger partial charge in [-0.25, -0.2) is 16.8 Å². The fourth-order valence-corrected chi connectivity index (χ4v) is 6.01. The van der Waals surface area contributed by atoms with Crippen molar-refractivity contribution in [2.45, 2.75) is 0 Å². The molecule has 0 aliphatic carbocycles. The first-order valence-corrected chi connectivity index (χ1v) is 8.89. The van der Waals surface area contributed by atoms with Crippen LogP contribution >= 0.6 is 0 Å². The summed E-state index contributed by atoms with van der Waals surface area (Å²) >= 11 is 0. The number of hydrogen-bond acceptors (Lipinski definition) is 4. The van der Waals surface area contributed by atoms with Crippen LogP contribution in [0.1, 0.15) is 11.1 Å². The van der Waals surface area contributed by atoms with Crippen LogP contribution in [0, 0.1) is 0 Å². The van der Waals surface area contributed by atoms with Gasteiger partial charge in [0.25, 0.3) is 0 Å². The van der Waals surface area contributed by atoms with Crippen molar-refractivity contribution in [3.05, 3.63) is 75.9 Å². The molecule has 2 aromatic rings. The van der Waals surface area contributed by atoms with Crippen LogP contribution < -0.4 is 0 Å². The second-order valence-electron chi connectivity index (χ2n) is 4.41. The normalized spacial score (nSPS) is 19.6. The number of benzene rings is 2. The predicted molar refractivity (Wildman–Crippen MR) is 80.9 cm³/mol. The molecule has 1 aliphatic rings. The summed E-state index contributed by atoms with van der Waals surface area (Å²) in [6.07, 6.45) is 0. The maximum atomic E-state index is 12.2. The standard InChI is InChI=1S/C14H10NO4S2/c16-20(17)13(11-7-3-1-4-8-11)14(21(18,19)15-20)12-9-5-2-6-10-12/h1-10H/q-1. The Morgan fingerprint density at radius 3 is 1.24 bits per heavy atom. The molecule has 0 saturated carbocycles. The van der Waals surface area contributed by atoms with Crippen molar-refractivity contribution in [1.29, 1.82) is 0 Å². The molecule has 2 aromatic carbocycles. The molecule has 0 radical (unpaired) electrons. The van der Waals surface area contributed by atoms with Gasteiger partial charge in [0.15, 0.2) is 0 Å².